The van der Waals surface area contributed by atoms with E-state index in [4.69, 9.17) is 0 Å². The average molecular weight is 344 g/mol. The Balaban J connectivity index is 0. The van der Waals surface area contributed by atoms with E-state index in [0.29, 0.717) is 12.8 Å². The van der Waals surface area contributed by atoms with Crippen molar-refractivity contribution in [3.63, 3.8) is 0 Å². The zero-order chi connectivity index (χ0) is 16.0. The van der Waals surface area contributed by atoms with Crippen LogP contribution in [0.25, 0.3) is 0 Å². The minimum Gasteiger partial charge on any atom is -0.726 e. The average Bonchev–Trinajstić information content (AvgIpc) is 2.40. The normalized spacial score (nSPS) is 12.9. The Labute approximate surface area is 160 Å². The van der Waals surface area contributed by atoms with E-state index in [1.165, 1.54) is 38.5 Å². The van der Waals surface area contributed by atoms with Gasteiger partial charge in [0, 0.05) is 0 Å². The zero-order valence-corrected chi connectivity index (χ0v) is 17.6. The van der Waals surface area contributed by atoms with E-state index >= 15 is 0 Å². The summed E-state index contributed by atoms with van der Waals surface area (Å²) in [4.78, 5) is 0. The van der Waals surface area contributed by atoms with E-state index in [0.717, 1.165) is 32.1 Å². The molecule has 0 amide bonds. The van der Waals surface area contributed by atoms with Crippen LogP contribution in [0.15, 0.2) is 0 Å². The summed E-state index contributed by atoms with van der Waals surface area (Å²) in [5, 5.41) is 0. The Kier molecular flexibility index (Phi) is 19.1. The molecular formula is C16H33NaO4S. The van der Waals surface area contributed by atoms with Gasteiger partial charge in [-0.2, -0.15) is 0 Å². The molecule has 0 aliphatic rings. The molecule has 0 aliphatic heterocycles. The van der Waals surface area contributed by atoms with Gasteiger partial charge in [0.1, 0.15) is 0 Å². The van der Waals surface area contributed by atoms with Gasteiger partial charge in [0.25, 0.3) is 0 Å². The van der Waals surface area contributed by atoms with E-state index in [1.54, 1.807) is 0 Å². The third kappa shape index (κ3) is 18.9. The molecule has 0 aromatic rings. The van der Waals surface area contributed by atoms with Gasteiger partial charge in [0.15, 0.2) is 0 Å². The predicted molar refractivity (Wildman–Crippen MR) is 85.9 cm³/mol. The molecule has 0 spiro atoms. The van der Waals surface area contributed by atoms with Gasteiger partial charge in [0.05, 0.1) is 6.10 Å². The van der Waals surface area contributed by atoms with Gasteiger partial charge in [-0.3, -0.25) is 4.18 Å². The Bertz CT molecular complexity index is 320. The number of rotatable bonds is 15. The molecule has 1 atom stereocenters. The van der Waals surface area contributed by atoms with Gasteiger partial charge in [-0.05, 0) is 12.8 Å². The molecule has 0 radical (unpaired) electrons. The fourth-order valence-corrected chi connectivity index (χ4v) is 3.06. The van der Waals surface area contributed by atoms with Crippen LogP contribution in [-0.2, 0) is 14.6 Å². The van der Waals surface area contributed by atoms with Crippen molar-refractivity contribution in [2.24, 2.45) is 0 Å². The summed E-state index contributed by atoms with van der Waals surface area (Å²) in [6, 6.07) is 0. The van der Waals surface area contributed by atoms with Gasteiger partial charge in [-0.1, -0.05) is 84.5 Å². The Morgan fingerprint density at radius 2 is 1.14 bits per heavy atom. The molecule has 0 heterocycles. The van der Waals surface area contributed by atoms with E-state index in [1.807, 2.05) is 0 Å². The monoisotopic (exact) mass is 344 g/mol. The molecule has 1 unspecified atom stereocenters. The van der Waals surface area contributed by atoms with Crippen LogP contribution in [0.4, 0.5) is 0 Å². The molecule has 4 nitrogen and oxygen atoms in total. The van der Waals surface area contributed by atoms with Crippen LogP contribution in [0, 0.1) is 0 Å². The van der Waals surface area contributed by atoms with E-state index in [-0.39, 0.29) is 29.6 Å². The van der Waals surface area contributed by atoms with E-state index < -0.39 is 16.5 Å². The van der Waals surface area contributed by atoms with Crippen LogP contribution < -0.4 is 29.6 Å². The summed E-state index contributed by atoms with van der Waals surface area (Å²) in [5.74, 6) is 0. The standard InChI is InChI=1S/C16H34O4S.Na/c1-3-5-7-8-9-10-11-13-15-16(14-12-6-4-2)20-21(17,18)19;/h16H,3-15H2,1-2H3,(H,17,18,19);/q;+1/p-1. The first-order chi connectivity index (χ1) is 9.99. The third-order valence-corrected chi connectivity index (χ3v) is 4.27. The number of unbranched alkanes of at least 4 members (excludes halogenated alkanes) is 9. The SMILES string of the molecule is CCCCCCCCCCC(CCCCC)OS(=O)(=O)[O-].[Na+]. The summed E-state index contributed by atoms with van der Waals surface area (Å²) < 4.78 is 36.9. The molecule has 0 N–H and O–H groups in total. The second kappa shape index (κ2) is 16.7. The first-order valence-electron chi connectivity index (χ1n) is 8.63. The van der Waals surface area contributed by atoms with E-state index in [9.17, 15) is 13.0 Å². The minimum absolute atomic E-state index is 0. The topological polar surface area (TPSA) is 66.4 Å². The molecular weight excluding hydrogens is 311 g/mol. The van der Waals surface area contributed by atoms with Gasteiger partial charge in [0.2, 0.25) is 10.4 Å². The maximum absolute atomic E-state index is 10.7. The van der Waals surface area contributed by atoms with Gasteiger partial charge >= 0.3 is 29.6 Å². The summed E-state index contributed by atoms with van der Waals surface area (Å²) in [5.41, 5.74) is 0. The van der Waals surface area contributed by atoms with Crippen molar-refractivity contribution in [1.82, 2.24) is 0 Å². The van der Waals surface area contributed by atoms with Crippen molar-refractivity contribution in [3.05, 3.63) is 0 Å². The van der Waals surface area contributed by atoms with Crippen LogP contribution in [0.2, 0.25) is 0 Å². The largest absolute Gasteiger partial charge is 1.00 e. The summed E-state index contributed by atoms with van der Waals surface area (Å²) in [7, 11) is -4.57. The minimum atomic E-state index is -4.57. The van der Waals surface area contributed by atoms with Crippen LogP contribution in [0.1, 0.15) is 97.3 Å². The molecule has 22 heavy (non-hydrogen) atoms. The van der Waals surface area contributed by atoms with Crippen molar-refractivity contribution in [2.75, 3.05) is 0 Å². The summed E-state index contributed by atoms with van der Waals surface area (Å²) >= 11 is 0. The molecule has 0 aromatic carbocycles. The van der Waals surface area contributed by atoms with Crippen molar-refractivity contribution >= 4 is 10.4 Å². The van der Waals surface area contributed by atoms with Crippen LogP contribution in [0.3, 0.4) is 0 Å². The number of hydrogen-bond donors (Lipinski definition) is 0. The first-order valence-corrected chi connectivity index (χ1v) is 9.97. The van der Waals surface area contributed by atoms with Crippen LogP contribution >= 0.6 is 0 Å². The van der Waals surface area contributed by atoms with Crippen molar-refractivity contribution in [3.8, 4) is 0 Å². The molecule has 0 aromatic heterocycles. The third-order valence-electron chi connectivity index (χ3n) is 3.76. The zero-order valence-electron chi connectivity index (χ0n) is 14.8. The second-order valence-corrected chi connectivity index (χ2v) is 6.89. The van der Waals surface area contributed by atoms with Crippen molar-refractivity contribution in [2.45, 2.75) is 103 Å². The molecule has 0 fully saturated rings. The van der Waals surface area contributed by atoms with Gasteiger partial charge in [-0.15, -0.1) is 0 Å². The molecule has 0 saturated heterocycles. The summed E-state index contributed by atoms with van der Waals surface area (Å²) in [6.07, 6.45) is 13.7. The van der Waals surface area contributed by atoms with Crippen molar-refractivity contribution < 1.29 is 46.7 Å². The van der Waals surface area contributed by atoms with Crippen LogP contribution in [0.5, 0.6) is 0 Å². The smallest absolute Gasteiger partial charge is 0.726 e. The Morgan fingerprint density at radius 3 is 1.59 bits per heavy atom. The maximum Gasteiger partial charge on any atom is 1.00 e. The molecule has 0 saturated carbocycles. The maximum atomic E-state index is 10.7. The molecule has 0 aliphatic carbocycles. The predicted octanol–water partition coefficient (Wildman–Crippen LogP) is 1.95. The number of hydrogen-bond acceptors (Lipinski definition) is 4. The van der Waals surface area contributed by atoms with Gasteiger partial charge in [-0.25, -0.2) is 8.42 Å². The molecule has 0 rings (SSSR count). The Hall–Kier alpha value is 0.870. The molecule has 128 valence electrons. The Morgan fingerprint density at radius 1 is 0.773 bits per heavy atom. The van der Waals surface area contributed by atoms with Gasteiger partial charge < -0.3 is 4.55 Å². The molecule has 0 bridgehead atoms. The quantitative estimate of drug-likeness (QED) is 0.197. The fourth-order valence-electron chi connectivity index (χ4n) is 2.54. The second-order valence-electron chi connectivity index (χ2n) is 5.89. The fraction of sp³-hybridized carbons (Fsp3) is 1.00. The molecule has 6 heteroatoms. The summed E-state index contributed by atoms with van der Waals surface area (Å²) in [6.45, 7) is 4.31. The van der Waals surface area contributed by atoms with Crippen LogP contribution in [-0.4, -0.2) is 19.1 Å². The van der Waals surface area contributed by atoms with Crippen molar-refractivity contribution in [1.29, 1.82) is 0 Å². The van der Waals surface area contributed by atoms with E-state index in [2.05, 4.69) is 18.0 Å². The first kappa shape index (κ1) is 25.1.